The second kappa shape index (κ2) is 20.6. The van der Waals surface area contributed by atoms with Crippen LogP contribution in [0.1, 0.15) is 148 Å². The maximum Gasteiger partial charge on any atom is 0.331 e. The van der Waals surface area contributed by atoms with Crippen LogP contribution >= 0.6 is 0 Å². The Bertz CT molecular complexity index is 2630. The minimum absolute atomic E-state index is 0.109. The second-order valence-electron chi connectivity index (χ2n) is 25.1. The lowest BCUT2D eigenvalue weighted by Gasteiger charge is -2.59. The summed E-state index contributed by atoms with van der Waals surface area (Å²) in [7, 11) is 0. The molecule has 8 saturated carbocycles. The van der Waals surface area contributed by atoms with Crippen molar-refractivity contribution < 1.29 is 38.4 Å². The van der Waals surface area contributed by atoms with Crippen LogP contribution in [0.25, 0.3) is 34.4 Å². The van der Waals surface area contributed by atoms with Gasteiger partial charge in [0.15, 0.2) is 0 Å². The molecule has 8 fully saturated rings. The average Bonchev–Trinajstić information content (AvgIpc) is 3.33. The lowest BCUT2D eigenvalue weighted by molar-refractivity contribution is -0.186. The molecule has 4 aromatic carbocycles. The Kier molecular flexibility index (Phi) is 14.4. The monoisotopic (exact) mass is 987 g/mol. The largest absolute Gasteiger partial charge is 0.507 e. The maximum absolute atomic E-state index is 13.9. The second-order valence-corrected chi connectivity index (χ2v) is 25.1. The van der Waals surface area contributed by atoms with Crippen LogP contribution in [0.5, 0.6) is 11.5 Å². The van der Waals surface area contributed by atoms with Crippen LogP contribution in [-0.4, -0.2) is 47.9 Å². The zero-order valence-electron chi connectivity index (χ0n) is 44.2. The first-order chi connectivity index (χ1) is 35.0. The van der Waals surface area contributed by atoms with Gasteiger partial charge < -0.3 is 24.1 Å². The maximum atomic E-state index is 13.9. The molecule has 8 aliphatic carbocycles. The van der Waals surface area contributed by atoms with E-state index in [0.717, 1.165) is 82.4 Å². The van der Waals surface area contributed by atoms with Gasteiger partial charge in [-0.15, -0.1) is 0 Å². The molecule has 386 valence electrons. The van der Waals surface area contributed by atoms with Gasteiger partial charge >= 0.3 is 17.9 Å². The van der Waals surface area contributed by atoms with Crippen molar-refractivity contribution in [3.8, 4) is 33.8 Å². The molecule has 8 bridgehead atoms. The van der Waals surface area contributed by atoms with E-state index >= 15 is 0 Å². The molecule has 8 aliphatic rings. The number of esters is 3. The van der Waals surface area contributed by atoms with E-state index in [2.05, 4.69) is 18.2 Å². The van der Waals surface area contributed by atoms with Crippen LogP contribution in [0.15, 0.2) is 103 Å². The van der Waals surface area contributed by atoms with E-state index in [9.17, 15) is 19.5 Å². The third-order valence-corrected chi connectivity index (χ3v) is 18.2. The van der Waals surface area contributed by atoms with Gasteiger partial charge in [0.1, 0.15) is 23.2 Å². The zero-order chi connectivity index (χ0) is 51.1. The van der Waals surface area contributed by atoms with Crippen LogP contribution in [-0.2, 0) is 34.0 Å². The lowest BCUT2D eigenvalue weighted by Crippen LogP contribution is -2.50. The molecule has 8 heteroatoms. The third kappa shape index (κ3) is 11.0. The molecule has 0 amide bonds. The highest BCUT2D eigenvalue weighted by molar-refractivity contribution is 5.89. The molecule has 0 radical (unpaired) electrons. The van der Waals surface area contributed by atoms with Gasteiger partial charge in [-0.25, -0.2) is 9.59 Å². The van der Waals surface area contributed by atoms with Gasteiger partial charge in [0, 0.05) is 46.1 Å². The highest BCUT2D eigenvalue weighted by atomic mass is 16.6. The molecule has 12 rings (SSSR count). The number of phenolic OH excluding ortho intramolecular Hbond substituents is 1. The molecule has 4 aromatic rings. The van der Waals surface area contributed by atoms with Gasteiger partial charge in [-0.3, -0.25) is 4.79 Å². The Hall–Kier alpha value is -5.63. The van der Waals surface area contributed by atoms with Crippen molar-refractivity contribution in [1.82, 2.24) is 0 Å². The zero-order valence-corrected chi connectivity index (χ0v) is 44.2. The van der Waals surface area contributed by atoms with Gasteiger partial charge in [-0.05, 0) is 192 Å². The highest BCUT2D eigenvalue weighted by Gasteiger charge is 2.55. The van der Waals surface area contributed by atoms with Crippen LogP contribution in [0, 0.1) is 52.3 Å². The predicted octanol–water partition coefficient (Wildman–Crippen LogP) is 14.8. The summed E-state index contributed by atoms with van der Waals surface area (Å²) in [6, 6.07) is 30.2. The van der Waals surface area contributed by atoms with Crippen LogP contribution < -0.4 is 4.74 Å². The van der Waals surface area contributed by atoms with Crippen molar-refractivity contribution in [1.29, 1.82) is 0 Å². The summed E-state index contributed by atoms with van der Waals surface area (Å²) in [6.45, 7) is 12.2. The van der Waals surface area contributed by atoms with E-state index in [1.807, 2.05) is 107 Å². The van der Waals surface area contributed by atoms with Crippen LogP contribution in [0.2, 0.25) is 0 Å². The van der Waals surface area contributed by atoms with Gasteiger partial charge in [0.05, 0.1) is 13.2 Å². The smallest absolute Gasteiger partial charge is 0.331 e. The minimum Gasteiger partial charge on any atom is -0.507 e. The fraction of sp³-hybridized carbons (Fsp3) is 0.523. The molecular weight excluding hydrogens is 909 g/mol. The summed E-state index contributed by atoms with van der Waals surface area (Å²) in [5.41, 5.74) is 4.58. The topological polar surface area (TPSA) is 108 Å². The van der Waals surface area contributed by atoms with Gasteiger partial charge in [0.2, 0.25) is 0 Å². The van der Waals surface area contributed by atoms with Crippen molar-refractivity contribution in [2.24, 2.45) is 52.3 Å². The number of benzene rings is 4. The standard InChI is InChI=1S/C65H78O8/c1-7-70-58(68)35-52(64-36-43-28-44(37-64)30-45(29-43)38-64)26-27-71-55-34-42(18-22-53(55)49-14-10-8-11-15-49)19-24-56(66)72-61(62(2,3)4)63(5,6)73-57(67)25-21-51-20-23-54(50-16-12-9-13-17-50)60(69)59(51)65-39-46-31-47(40-65)33-48(32-46)41-65/h8-25,34,43-48,52,61,69H,7,26-33,35-41H2,1-6H3/b24-19+,25-21+. The molecule has 8 nitrogen and oxygen atoms in total. The van der Waals surface area contributed by atoms with E-state index in [1.165, 1.54) is 69.9 Å². The van der Waals surface area contributed by atoms with Gasteiger partial charge in [-0.1, -0.05) is 106 Å². The van der Waals surface area contributed by atoms with E-state index in [-0.39, 0.29) is 22.7 Å². The number of aromatic hydroxyl groups is 1. The van der Waals surface area contributed by atoms with Crippen molar-refractivity contribution in [2.45, 2.75) is 149 Å². The molecular formula is C65H78O8. The number of phenols is 1. The Morgan fingerprint density at radius 3 is 1.77 bits per heavy atom. The average molecular weight is 987 g/mol. The van der Waals surface area contributed by atoms with Crippen molar-refractivity contribution >= 4 is 30.1 Å². The third-order valence-electron chi connectivity index (χ3n) is 18.2. The molecule has 0 saturated heterocycles. The molecule has 0 heterocycles. The molecule has 1 N–H and O–H groups in total. The summed E-state index contributed by atoms with van der Waals surface area (Å²) in [5.74, 6) is 4.34. The van der Waals surface area contributed by atoms with Crippen LogP contribution in [0.3, 0.4) is 0 Å². The summed E-state index contributed by atoms with van der Waals surface area (Å²) in [6.07, 6.45) is 21.5. The Labute approximate surface area is 434 Å². The number of ether oxygens (including phenoxy) is 4. The molecule has 0 aromatic heterocycles. The van der Waals surface area contributed by atoms with E-state index in [1.54, 1.807) is 19.9 Å². The first kappa shape index (κ1) is 50.9. The van der Waals surface area contributed by atoms with Gasteiger partial charge in [-0.2, -0.15) is 0 Å². The van der Waals surface area contributed by atoms with Crippen molar-refractivity contribution in [2.75, 3.05) is 13.2 Å². The number of hydrogen-bond donors (Lipinski definition) is 1. The minimum atomic E-state index is -1.20. The fourth-order valence-corrected chi connectivity index (χ4v) is 16.4. The van der Waals surface area contributed by atoms with Crippen molar-refractivity contribution in [3.05, 3.63) is 120 Å². The predicted molar refractivity (Wildman–Crippen MR) is 288 cm³/mol. The SMILES string of the molecule is CCOC(=O)CC(CCOc1cc(/C=C/C(=O)OC(C(C)(C)C)C(C)(C)OC(=O)/C=C/c2ccc(-c3ccccc3)c(O)c2C23CC4CC(CC(C4)C2)C3)ccc1-c1ccccc1)C12CC3CC(CC(C3)C1)C2. The molecule has 73 heavy (non-hydrogen) atoms. The Morgan fingerprint density at radius 2 is 1.21 bits per heavy atom. The number of rotatable bonds is 18. The summed E-state index contributed by atoms with van der Waals surface area (Å²) in [5, 5.41) is 12.2. The number of carbonyl (C=O) groups excluding carboxylic acids is 3. The van der Waals surface area contributed by atoms with E-state index < -0.39 is 29.1 Å². The summed E-state index contributed by atoms with van der Waals surface area (Å²) >= 11 is 0. The summed E-state index contributed by atoms with van der Waals surface area (Å²) in [4.78, 5) is 40.9. The van der Waals surface area contributed by atoms with Crippen LogP contribution in [0.4, 0.5) is 0 Å². The quantitative estimate of drug-likeness (QED) is 0.0597. The highest BCUT2D eigenvalue weighted by Crippen LogP contribution is 2.65. The molecule has 2 unspecified atom stereocenters. The Balaban J connectivity index is 0.837. The molecule has 2 atom stereocenters. The number of hydrogen-bond acceptors (Lipinski definition) is 8. The first-order valence-electron chi connectivity index (χ1n) is 27.7. The fourth-order valence-electron chi connectivity index (χ4n) is 16.4. The summed E-state index contributed by atoms with van der Waals surface area (Å²) < 4.78 is 24.7. The Morgan fingerprint density at radius 1 is 0.671 bits per heavy atom. The van der Waals surface area contributed by atoms with Crippen molar-refractivity contribution in [3.63, 3.8) is 0 Å². The normalized spacial score (nSPS) is 27.8. The number of carbonyl (C=O) groups is 3. The molecule has 0 spiro atoms. The van der Waals surface area contributed by atoms with Gasteiger partial charge in [0.25, 0.3) is 0 Å². The van der Waals surface area contributed by atoms with E-state index in [4.69, 9.17) is 18.9 Å². The lowest BCUT2D eigenvalue weighted by atomic mass is 9.46. The first-order valence-corrected chi connectivity index (χ1v) is 27.7. The van der Waals surface area contributed by atoms with E-state index in [0.29, 0.717) is 48.9 Å². The molecule has 0 aliphatic heterocycles.